The summed E-state index contributed by atoms with van der Waals surface area (Å²) < 4.78 is 15.0. The molecule has 7 fully saturated rings. The number of quaternary nitrogens is 1. The second-order valence-corrected chi connectivity index (χ2v) is 11.7. The van der Waals surface area contributed by atoms with E-state index in [1.807, 2.05) is 0 Å². The van der Waals surface area contributed by atoms with Crippen molar-refractivity contribution < 1.29 is 19.1 Å². The fraction of sp³-hybridized carbons (Fsp3) is 1.00. The summed E-state index contributed by atoms with van der Waals surface area (Å²) in [7, 11) is 4.84. The molecule has 0 amide bonds. The van der Waals surface area contributed by atoms with Gasteiger partial charge in [0.15, 0.2) is 0 Å². The monoisotopic (exact) mass is 420 g/mol. The summed E-state index contributed by atoms with van der Waals surface area (Å²) in [5.41, 5.74) is -0.00496. The van der Waals surface area contributed by atoms with Crippen molar-refractivity contribution in [2.45, 2.75) is 94.1 Å². The lowest BCUT2D eigenvalue weighted by molar-refractivity contribution is -0.984. The van der Waals surface area contributed by atoms with Crippen molar-refractivity contribution in [2.24, 2.45) is 11.8 Å². The molecule has 0 saturated carbocycles. The van der Waals surface area contributed by atoms with E-state index in [-0.39, 0.29) is 18.1 Å². The number of ether oxygens (including phenoxy) is 2. The van der Waals surface area contributed by atoms with Crippen LogP contribution in [0.1, 0.15) is 57.8 Å². The third kappa shape index (κ3) is 3.12. The molecule has 8 atom stereocenters. The van der Waals surface area contributed by atoms with Gasteiger partial charge >= 0.3 is 0 Å². The predicted molar refractivity (Wildman–Crippen MR) is 115 cm³/mol. The lowest BCUT2D eigenvalue weighted by atomic mass is 9.90. The minimum atomic E-state index is -0.118. The summed E-state index contributed by atoms with van der Waals surface area (Å²) >= 11 is 0. The first-order valence-electron chi connectivity index (χ1n) is 12.8. The van der Waals surface area contributed by atoms with Crippen LogP contribution < -0.4 is 0 Å². The molecular weight excluding hydrogens is 378 g/mol. The predicted octanol–water partition coefficient (Wildman–Crippen LogP) is 2.01. The molecule has 8 unspecified atom stereocenters. The van der Waals surface area contributed by atoms with Gasteiger partial charge in [-0.05, 0) is 57.5 Å². The van der Waals surface area contributed by atoms with Crippen molar-refractivity contribution in [1.29, 1.82) is 0 Å². The Morgan fingerprint density at radius 3 is 2.43 bits per heavy atom. The number of hydrogen-bond acceptors (Lipinski definition) is 5. The molecule has 0 aromatic carbocycles. The van der Waals surface area contributed by atoms with Crippen LogP contribution in [-0.2, 0) is 9.47 Å². The van der Waals surface area contributed by atoms with Gasteiger partial charge in [0.2, 0.25) is 5.72 Å². The van der Waals surface area contributed by atoms with Gasteiger partial charge in [0.1, 0.15) is 18.4 Å². The number of aliphatic hydroxyl groups is 1. The molecule has 7 saturated heterocycles. The fourth-order valence-corrected chi connectivity index (χ4v) is 8.10. The van der Waals surface area contributed by atoms with Crippen molar-refractivity contribution in [3.63, 3.8) is 0 Å². The summed E-state index contributed by atoms with van der Waals surface area (Å²) in [5.74, 6) is 1.19. The van der Waals surface area contributed by atoms with E-state index in [0.717, 1.165) is 49.2 Å². The van der Waals surface area contributed by atoms with Gasteiger partial charge in [-0.15, -0.1) is 0 Å². The van der Waals surface area contributed by atoms with Gasteiger partial charge < -0.3 is 19.5 Å². The molecule has 0 aromatic rings. The van der Waals surface area contributed by atoms with Gasteiger partial charge in [-0.25, -0.2) is 0 Å². The highest BCUT2D eigenvalue weighted by Gasteiger charge is 2.63. The van der Waals surface area contributed by atoms with Crippen LogP contribution in [0.25, 0.3) is 0 Å². The number of hydrogen-bond donors (Lipinski definition) is 1. The molecule has 7 aliphatic heterocycles. The maximum absolute atomic E-state index is 10.3. The van der Waals surface area contributed by atoms with Crippen molar-refractivity contribution in [3.05, 3.63) is 0 Å². The third-order valence-corrected chi connectivity index (χ3v) is 10.2. The van der Waals surface area contributed by atoms with E-state index in [0.29, 0.717) is 24.2 Å². The maximum atomic E-state index is 10.3. The molecule has 0 spiro atoms. The van der Waals surface area contributed by atoms with Gasteiger partial charge in [-0.2, -0.15) is 0 Å². The van der Waals surface area contributed by atoms with Crippen LogP contribution in [0.4, 0.5) is 0 Å². The summed E-state index contributed by atoms with van der Waals surface area (Å²) in [6, 6.07) is 0.538. The largest absolute Gasteiger partial charge is 0.393 e. The SMILES string of the molecule is C[N+]1(C)C2CCC1(OC1CCN3CCC1CC3)CCC2OC1CC2CN1CCC2O. The van der Waals surface area contributed by atoms with E-state index in [1.165, 1.54) is 51.7 Å². The zero-order valence-electron chi connectivity index (χ0n) is 19.0. The van der Waals surface area contributed by atoms with Gasteiger partial charge in [-0.3, -0.25) is 9.38 Å². The number of piperidine rings is 3. The van der Waals surface area contributed by atoms with E-state index < -0.39 is 0 Å². The van der Waals surface area contributed by atoms with Crippen LogP contribution in [0.15, 0.2) is 0 Å². The minimum absolute atomic E-state index is 0.00496. The molecule has 170 valence electrons. The van der Waals surface area contributed by atoms with E-state index >= 15 is 0 Å². The Labute approximate surface area is 182 Å². The summed E-state index contributed by atoms with van der Waals surface area (Å²) in [6.07, 6.45) is 11.4. The van der Waals surface area contributed by atoms with Crippen molar-refractivity contribution >= 4 is 0 Å². The summed E-state index contributed by atoms with van der Waals surface area (Å²) in [4.78, 5) is 5.13. The smallest absolute Gasteiger partial charge is 0.203 e. The Bertz CT molecular complexity index is 652. The fourth-order valence-electron chi connectivity index (χ4n) is 8.10. The van der Waals surface area contributed by atoms with Gasteiger partial charge in [0, 0.05) is 44.8 Å². The Morgan fingerprint density at radius 2 is 1.63 bits per heavy atom. The van der Waals surface area contributed by atoms with Crippen LogP contribution in [-0.4, -0.2) is 103 Å². The average molecular weight is 421 g/mol. The topological polar surface area (TPSA) is 45.2 Å². The Morgan fingerprint density at radius 1 is 0.867 bits per heavy atom. The second kappa shape index (κ2) is 7.39. The summed E-state index contributed by atoms with van der Waals surface area (Å²) in [6.45, 7) is 5.80. The highest BCUT2D eigenvalue weighted by atomic mass is 16.5. The molecule has 1 N–H and O–H groups in total. The Balaban J connectivity index is 1.15. The van der Waals surface area contributed by atoms with Crippen molar-refractivity contribution in [3.8, 4) is 0 Å². The van der Waals surface area contributed by atoms with E-state index in [4.69, 9.17) is 9.47 Å². The lowest BCUT2D eigenvalue weighted by Crippen LogP contribution is -2.67. The van der Waals surface area contributed by atoms with Crippen molar-refractivity contribution in [2.75, 3.05) is 46.8 Å². The van der Waals surface area contributed by atoms with E-state index in [2.05, 4.69) is 23.9 Å². The Kier molecular flexibility index (Phi) is 5.02. The number of fused-ring (bicyclic) bond motifs is 8. The average Bonchev–Trinajstić information content (AvgIpc) is 2.93. The first-order valence-corrected chi connectivity index (χ1v) is 12.8. The van der Waals surface area contributed by atoms with Crippen LogP contribution in [0.3, 0.4) is 0 Å². The first-order chi connectivity index (χ1) is 14.5. The van der Waals surface area contributed by atoms with E-state index in [9.17, 15) is 5.11 Å². The Hall–Kier alpha value is -0.240. The molecule has 30 heavy (non-hydrogen) atoms. The molecule has 7 aliphatic rings. The molecule has 7 heterocycles. The standard InChI is InChI=1S/C24H42N3O3/c1-27(2)19-3-9-24(27,30-21-8-13-25-11-5-17(21)6-12-25)10-4-22(19)29-23-15-18-16-26(23)14-7-20(18)28/h17-23,28H,3-16H2,1-2H3/q+1. The highest BCUT2D eigenvalue weighted by Crippen LogP contribution is 2.52. The molecule has 6 bridgehead atoms. The molecule has 0 aliphatic carbocycles. The zero-order valence-corrected chi connectivity index (χ0v) is 19.0. The normalized spacial score (nSPS) is 54.3. The molecular formula is C24H42N3O3+. The van der Waals surface area contributed by atoms with E-state index in [1.54, 1.807) is 0 Å². The highest BCUT2D eigenvalue weighted by molar-refractivity contribution is 4.97. The van der Waals surface area contributed by atoms with Gasteiger partial charge in [0.25, 0.3) is 0 Å². The quantitative estimate of drug-likeness (QED) is 0.705. The van der Waals surface area contributed by atoms with Crippen molar-refractivity contribution in [1.82, 2.24) is 9.80 Å². The second-order valence-electron chi connectivity index (χ2n) is 11.7. The van der Waals surface area contributed by atoms with Crippen LogP contribution in [0.2, 0.25) is 0 Å². The number of likely N-dealkylation sites (N-methyl/N-ethyl adjacent to an activating group) is 1. The third-order valence-electron chi connectivity index (χ3n) is 10.2. The molecule has 6 nitrogen and oxygen atoms in total. The minimum Gasteiger partial charge on any atom is -0.393 e. The van der Waals surface area contributed by atoms with Crippen LogP contribution >= 0.6 is 0 Å². The van der Waals surface area contributed by atoms with Crippen LogP contribution in [0, 0.1) is 11.8 Å². The number of aliphatic hydroxyl groups excluding tert-OH is 1. The van der Waals surface area contributed by atoms with Gasteiger partial charge in [-0.1, -0.05) is 0 Å². The van der Waals surface area contributed by atoms with Crippen LogP contribution in [0.5, 0.6) is 0 Å². The zero-order chi connectivity index (χ0) is 20.5. The lowest BCUT2D eigenvalue weighted by Gasteiger charge is -2.53. The number of nitrogens with zero attached hydrogens (tertiary/aromatic N) is 3. The summed E-state index contributed by atoms with van der Waals surface area (Å²) in [5, 5.41) is 10.3. The number of rotatable bonds is 4. The first kappa shape index (κ1) is 20.4. The molecule has 6 heteroatoms. The maximum Gasteiger partial charge on any atom is 0.203 e. The molecule has 0 radical (unpaired) electrons. The molecule has 7 rings (SSSR count). The molecule has 0 aromatic heterocycles. The van der Waals surface area contributed by atoms with Gasteiger partial charge in [0.05, 0.1) is 26.3 Å².